The minimum Gasteiger partial charge on any atom is -0.397 e. The van der Waals surface area contributed by atoms with Crippen molar-refractivity contribution in [2.45, 2.75) is 40.5 Å². The standard InChI is InChI=1S/C54H44N2/c1-31-27-43-40-24-13-11-21-37(40)29-45(43)47(33(31)3)51-49(36-19-9-6-10-20-36)50(42-26-16-15-23-39(42)35-17-7-5-8-18-35)53(55)54(56)52(51)48-34(4)32(2)28-44-41-25-14-12-22-38(41)30-46(44)48/h5-28H,29-30,55-56H2,1-4H3. The van der Waals surface area contributed by atoms with Crippen molar-refractivity contribution >= 4 is 11.4 Å². The maximum Gasteiger partial charge on any atom is 0.0640 e. The molecule has 0 aliphatic heterocycles. The fourth-order valence-electron chi connectivity index (χ4n) is 9.76. The highest BCUT2D eigenvalue weighted by atomic mass is 14.7. The van der Waals surface area contributed by atoms with Gasteiger partial charge in [0, 0.05) is 22.3 Å². The highest BCUT2D eigenvalue weighted by molar-refractivity contribution is 6.16. The molecule has 0 spiro atoms. The number of hydrogen-bond donors (Lipinski definition) is 2. The number of fused-ring (bicyclic) bond motifs is 6. The summed E-state index contributed by atoms with van der Waals surface area (Å²) in [7, 11) is 0. The maximum absolute atomic E-state index is 7.74. The molecular weight excluding hydrogens is 677 g/mol. The summed E-state index contributed by atoms with van der Waals surface area (Å²) in [5.41, 5.74) is 43.5. The largest absolute Gasteiger partial charge is 0.397 e. The third-order valence-corrected chi connectivity index (χ3v) is 12.7. The van der Waals surface area contributed by atoms with Crippen LogP contribution in [0.4, 0.5) is 11.4 Å². The molecule has 270 valence electrons. The monoisotopic (exact) mass is 720 g/mol. The molecule has 0 saturated carbocycles. The normalized spacial score (nSPS) is 12.3. The van der Waals surface area contributed by atoms with E-state index in [0.717, 1.165) is 57.3 Å². The number of nitrogen functional groups attached to an aromatic ring is 2. The van der Waals surface area contributed by atoms with Crippen molar-refractivity contribution in [2.75, 3.05) is 11.5 Å². The Morgan fingerprint density at radius 2 is 0.750 bits per heavy atom. The predicted octanol–water partition coefficient (Wildman–Crippen LogP) is 13.6. The first kappa shape index (κ1) is 33.9. The van der Waals surface area contributed by atoms with Crippen molar-refractivity contribution in [3.8, 4) is 77.9 Å². The molecule has 56 heavy (non-hydrogen) atoms. The Balaban J connectivity index is 1.43. The van der Waals surface area contributed by atoms with E-state index in [1.54, 1.807) is 0 Å². The van der Waals surface area contributed by atoms with Crippen LogP contribution in [0.25, 0.3) is 77.9 Å². The Labute approximate surface area is 330 Å². The molecule has 0 bridgehead atoms. The van der Waals surface area contributed by atoms with E-state index in [2.05, 4.69) is 173 Å². The summed E-state index contributed by atoms with van der Waals surface area (Å²) in [6.45, 7) is 9.09. The second-order valence-electron chi connectivity index (χ2n) is 15.7. The molecule has 0 unspecified atom stereocenters. The van der Waals surface area contributed by atoms with Gasteiger partial charge in [-0.15, -0.1) is 0 Å². The Bertz CT molecular complexity index is 2900. The quantitative estimate of drug-likeness (QED) is 0.174. The maximum atomic E-state index is 7.74. The molecule has 0 saturated heterocycles. The molecule has 8 aromatic rings. The first-order chi connectivity index (χ1) is 27.3. The van der Waals surface area contributed by atoms with Gasteiger partial charge < -0.3 is 11.5 Å². The van der Waals surface area contributed by atoms with Crippen molar-refractivity contribution in [3.63, 3.8) is 0 Å². The van der Waals surface area contributed by atoms with E-state index >= 15 is 0 Å². The van der Waals surface area contributed by atoms with Gasteiger partial charge in [0.15, 0.2) is 0 Å². The number of benzene rings is 8. The molecule has 0 amide bonds. The van der Waals surface area contributed by atoms with Crippen LogP contribution in [0.3, 0.4) is 0 Å². The topological polar surface area (TPSA) is 52.0 Å². The van der Waals surface area contributed by atoms with Crippen LogP contribution in [0.5, 0.6) is 0 Å². The first-order valence-corrected chi connectivity index (χ1v) is 19.7. The highest BCUT2D eigenvalue weighted by Crippen LogP contribution is 2.58. The highest BCUT2D eigenvalue weighted by Gasteiger charge is 2.34. The summed E-state index contributed by atoms with van der Waals surface area (Å²) >= 11 is 0. The number of nitrogens with two attached hydrogens (primary N) is 2. The van der Waals surface area contributed by atoms with E-state index in [1.807, 2.05) is 0 Å². The van der Waals surface area contributed by atoms with E-state index in [9.17, 15) is 0 Å². The zero-order valence-corrected chi connectivity index (χ0v) is 32.4. The lowest BCUT2D eigenvalue weighted by Gasteiger charge is -2.30. The molecule has 0 radical (unpaired) electrons. The smallest absolute Gasteiger partial charge is 0.0640 e. The van der Waals surface area contributed by atoms with Crippen molar-refractivity contribution in [1.82, 2.24) is 0 Å². The van der Waals surface area contributed by atoms with E-state index in [1.165, 1.54) is 77.9 Å². The zero-order chi connectivity index (χ0) is 38.2. The number of anilines is 2. The average molecular weight is 721 g/mol. The van der Waals surface area contributed by atoms with Gasteiger partial charge in [0.05, 0.1) is 11.4 Å². The van der Waals surface area contributed by atoms with Crippen molar-refractivity contribution < 1.29 is 0 Å². The summed E-state index contributed by atoms with van der Waals surface area (Å²) in [4.78, 5) is 0. The summed E-state index contributed by atoms with van der Waals surface area (Å²) in [5.74, 6) is 0. The summed E-state index contributed by atoms with van der Waals surface area (Å²) in [6, 6.07) is 52.8. The predicted molar refractivity (Wildman–Crippen MR) is 238 cm³/mol. The van der Waals surface area contributed by atoms with Gasteiger partial charge in [0.2, 0.25) is 0 Å². The summed E-state index contributed by atoms with van der Waals surface area (Å²) < 4.78 is 0. The van der Waals surface area contributed by atoms with Crippen LogP contribution in [0.15, 0.2) is 146 Å². The van der Waals surface area contributed by atoms with Crippen molar-refractivity contribution in [3.05, 3.63) is 190 Å². The molecule has 2 heteroatoms. The molecule has 2 nitrogen and oxygen atoms in total. The number of aryl methyl sites for hydroxylation is 2. The van der Waals surface area contributed by atoms with Gasteiger partial charge in [0.1, 0.15) is 0 Å². The second kappa shape index (κ2) is 13.0. The van der Waals surface area contributed by atoms with Crippen LogP contribution in [0.1, 0.15) is 44.5 Å². The van der Waals surface area contributed by atoms with E-state index in [-0.39, 0.29) is 0 Å². The molecule has 8 aromatic carbocycles. The molecule has 0 aromatic heterocycles. The second-order valence-corrected chi connectivity index (χ2v) is 15.7. The van der Waals surface area contributed by atoms with Crippen LogP contribution in [-0.2, 0) is 12.8 Å². The Kier molecular flexibility index (Phi) is 7.87. The first-order valence-electron chi connectivity index (χ1n) is 19.7. The average Bonchev–Trinajstić information content (AvgIpc) is 3.78. The molecule has 2 aliphatic rings. The Morgan fingerprint density at radius 3 is 1.29 bits per heavy atom. The minimum absolute atomic E-state index is 0.612. The van der Waals surface area contributed by atoms with E-state index in [0.29, 0.717) is 11.4 Å². The van der Waals surface area contributed by atoms with Gasteiger partial charge in [-0.1, -0.05) is 146 Å². The van der Waals surface area contributed by atoms with Gasteiger partial charge in [-0.25, -0.2) is 0 Å². The molecular formula is C54H44N2. The molecule has 2 aliphatic carbocycles. The van der Waals surface area contributed by atoms with Crippen LogP contribution >= 0.6 is 0 Å². The zero-order valence-electron chi connectivity index (χ0n) is 32.4. The van der Waals surface area contributed by atoms with Gasteiger partial charge >= 0.3 is 0 Å². The minimum atomic E-state index is 0.612. The fraction of sp³-hybridized carbons (Fsp3) is 0.111. The lowest BCUT2D eigenvalue weighted by Crippen LogP contribution is -2.09. The molecule has 0 fully saturated rings. The Hall–Kier alpha value is -6.64. The summed E-state index contributed by atoms with van der Waals surface area (Å²) in [5, 5.41) is 0. The van der Waals surface area contributed by atoms with Crippen molar-refractivity contribution in [2.24, 2.45) is 0 Å². The lowest BCUT2D eigenvalue weighted by molar-refractivity contribution is 1.22. The SMILES string of the molecule is Cc1cc2c(c(-c3c(N)c(N)c(-c4ccccc4-c4ccccc4)c(-c4ccccc4)c3-c3c(C)c(C)cc4c3Cc3ccccc3-4)c1C)Cc1ccccc1-2. The molecule has 10 rings (SSSR count). The van der Waals surface area contributed by atoms with Gasteiger partial charge in [0.25, 0.3) is 0 Å². The van der Waals surface area contributed by atoms with E-state index < -0.39 is 0 Å². The van der Waals surface area contributed by atoms with Crippen LogP contribution in [0, 0.1) is 27.7 Å². The van der Waals surface area contributed by atoms with E-state index in [4.69, 9.17) is 11.5 Å². The van der Waals surface area contributed by atoms with Crippen LogP contribution < -0.4 is 11.5 Å². The van der Waals surface area contributed by atoms with Crippen LogP contribution in [0.2, 0.25) is 0 Å². The fourth-order valence-corrected chi connectivity index (χ4v) is 9.76. The Morgan fingerprint density at radius 1 is 0.339 bits per heavy atom. The molecule has 4 N–H and O–H groups in total. The lowest BCUT2D eigenvalue weighted by atomic mass is 9.74. The van der Waals surface area contributed by atoms with Crippen LogP contribution in [-0.4, -0.2) is 0 Å². The van der Waals surface area contributed by atoms with Gasteiger partial charge in [-0.3, -0.25) is 0 Å². The number of hydrogen-bond acceptors (Lipinski definition) is 2. The number of rotatable bonds is 5. The van der Waals surface area contributed by atoms with Gasteiger partial charge in [-0.05, 0) is 141 Å². The molecule has 0 atom stereocenters. The van der Waals surface area contributed by atoms with Crippen molar-refractivity contribution in [1.29, 1.82) is 0 Å². The molecule has 0 heterocycles. The third kappa shape index (κ3) is 5.02. The third-order valence-electron chi connectivity index (χ3n) is 12.7. The van der Waals surface area contributed by atoms with Gasteiger partial charge in [-0.2, -0.15) is 0 Å². The summed E-state index contributed by atoms with van der Waals surface area (Å²) in [6.07, 6.45) is 1.70.